The van der Waals surface area contributed by atoms with Crippen LogP contribution in [-0.2, 0) is 15.0 Å². The first-order chi connectivity index (χ1) is 15.9. The van der Waals surface area contributed by atoms with Gasteiger partial charge in [0.25, 0.3) is 11.9 Å². The maximum Gasteiger partial charge on any atom is 0.422 e. The van der Waals surface area contributed by atoms with E-state index < -0.39 is 66.2 Å². The number of aliphatic imine (C=N–C) groups is 1. The summed E-state index contributed by atoms with van der Waals surface area (Å²) in [5, 5.41) is 2.28. The lowest BCUT2D eigenvalue weighted by molar-refractivity contribution is -0.153. The second-order valence-electron chi connectivity index (χ2n) is 7.61. The maximum atomic E-state index is 15.5. The number of aromatic nitrogens is 1. The maximum absolute atomic E-state index is 15.5. The van der Waals surface area contributed by atoms with Gasteiger partial charge in [-0.25, -0.2) is 23.1 Å². The molecule has 1 fully saturated rings. The van der Waals surface area contributed by atoms with Crippen LogP contribution in [0.15, 0.2) is 35.5 Å². The molecule has 0 aliphatic carbocycles. The van der Waals surface area contributed by atoms with Crippen LogP contribution in [0.1, 0.15) is 16.1 Å². The minimum atomic E-state index is -4.65. The molecule has 2 atom stereocenters. The van der Waals surface area contributed by atoms with Gasteiger partial charge in [0, 0.05) is 17.3 Å². The minimum Gasteiger partial charge on any atom is -0.482 e. The number of halogens is 6. The van der Waals surface area contributed by atoms with Crippen LogP contribution >= 0.6 is 0 Å². The Morgan fingerprint density at radius 1 is 1.18 bits per heavy atom. The molecule has 4 rings (SSSR count). The molecule has 1 amide bonds. The lowest BCUT2D eigenvalue weighted by Gasteiger charge is -2.38. The molecule has 0 bridgehead atoms. The highest BCUT2D eigenvalue weighted by molar-refractivity contribution is 6.03. The molecule has 1 aromatic heterocycles. The van der Waals surface area contributed by atoms with E-state index in [4.69, 9.17) is 15.2 Å². The topological polar surface area (TPSA) is 108 Å². The number of nitrogens with zero attached hydrogens (tertiary/aromatic N) is 2. The molecule has 8 nitrogen and oxygen atoms in total. The van der Waals surface area contributed by atoms with Crippen molar-refractivity contribution in [2.24, 2.45) is 10.7 Å². The van der Waals surface area contributed by atoms with Gasteiger partial charge < -0.3 is 25.3 Å². The number of benzene rings is 1. The Bertz CT molecular complexity index is 1160. The van der Waals surface area contributed by atoms with Crippen LogP contribution in [0.2, 0.25) is 0 Å². The van der Waals surface area contributed by atoms with Crippen LogP contribution in [0, 0.1) is 11.6 Å². The summed E-state index contributed by atoms with van der Waals surface area (Å²) >= 11 is 0. The van der Waals surface area contributed by atoms with Crippen molar-refractivity contribution < 1.29 is 45.3 Å². The Labute approximate surface area is 187 Å². The standard InChI is InChI=1S/C20H16F6N4O4/c21-13-2-1-10(3-12(13)19-8-32-6-18(19,23)7-34-17(27)30-19)29-16(31)15-14(22)4-11(5-28-15)33-9-20(24,25)26/h1-5H,6-9H2,(H2,27,30)(H,29,31). The first-order valence-electron chi connectivity index (χ1n) is 9.64. The summed E-state index contributed by atoms with van der Waals surface area (Å²) in [6.07, 6.45) is -3.90. The Hall–Kier alpha value is -3.55. The average Bonchev–Trinajstić information content (AvgIpc) is 3.10. The van der Waals surface area contributed by atoms with E-state index in [0.717, 1.165) is 24.4 Å². The number of alkyl halides is 4. The molecule has 14 heteroatoms. The van der Waals surface area contributed by atoms with Crippen molar-refractivity contribution in [3.05, 3.63) is 53.4 Å². The van der Waals surface area contributed by atoms with E-state index in [-0.39, 0.29) is 23.9 Å². The van der Waals surface area contributed by atoms with Gasteiger partial charge in [0.05, 0.1) is 19.4 Å². The molecule has 1 saturated heterocycles. The van der Waals surface area contributed by atoms with Crippen LogP contribution in [0.4, 0.5) is 32.0 Å². The SMILES string of the molecule is NC1=NC2(c3cc(NC(=O)c4ncc(OCC(F)(F)F)cc4F)ccc3F)COCC2(F)CO1. The summed E-state index contributed by atoms with van der Waals surface area (Å²) in [4.78, 5) is 19.9. The Kier molecular flexibility index (Phi) is 5.79. The van der Waals surface area contributed by atoms with Crippen LogP contribution in [0.3, 0.4) is 0 Å². The first-order valence-corrected chi connectivity index (χ1v) is 9.64. The van der Waals surface area contributed by atoms with Crippen molar-refractivity contribution in [1.82, 2.24) is 4.98 Å². The van der Waals surface area contributed by atoms with Gasteiger partial charge in [0.1, 0.15) is 18.2 Å². The summed E-state index contributed by atoms with van der Waals surface area (Å²) in [6, 6.07) is 3.37. The first kappa shape index (κ1) is 23.6. The summed E-state index contributed by atoms with van der Waals surface area (Å²) in [7, 11) is 0. The van der Waals surface area contributed by atoms with Crippen molar-refractivity contribution in [2.75, 3.05) is 31.7 Å². The monoisotopic (exact) mass is 490 g/mol. The predicted octanol–water partition coefficient (Wildman–Crippen LogP) is 2.83. The third-order valence-corrected chi connectivity index (χ3v) is 5.24. The number of fused-ring (bicyclic) bond motifs is 1. The van der Waals surface area contributed by atoms with Gasteiger partial charge in [-0.1, -0.05) is 0 Å². The van der Waals surface area contributed by atoms with E-state index in [1.54, 1.807) is 0 Å². The van der Waals surface area contributed by atoms with Crippen molar-refractivity contribution >= 4 is 17.6 Å². The van der Waals surface area contributed by atoms with E-state index >= 15 is 4.39 Å². The van der Waals surface area contributed by atoms with Crippen LogP contribution in [-0.4, -0.2) is 55.2 Å². The molecule has 2 aliphatic rings. The normalized spacial score (nSPS) is 24.1. The number of pyridine rings is 1. The van der Waals surface area contributed by atoms with Gasteiger partial charge in [0.2, 0.25) is 0 Å². The fraction of sp³-hybridized carbons (Fsp3) is 0.350. The van der Waals surface area contributed by atoms with Crippen molar-refractivity contribution in [2.45, 2.75) is 17.4 Å². The summed E-state index contributed by atoms with van der Waals surface area (Å²) in [6.45, 7) is -2.98. The molecule has 34 heavy (non-hydrogen) atoms. The van der Waals surface area contributed by atoms with E-state index in [0.29, 0.717) is 6.07 Å². The second-order valence-corrected chi connectivity index (χ2v) is 7.61. The number of amides is 1. The number of hydrogen-bond donors (Lipinski definition) is 2. The highest BCUT2D eigenvalue weighted by atomic mass is 19.4. The van der Waals surface area contributed by atoms with E-state index in [1.165, 1.54) is 0 Å². The largest absolute Gasteiger partial charge is 0.482 e. The fourth-order valence-electron chi connectivity index (χ4n) is 3.63. The molecule has 182 valence electrons. The fourth-order valence-corrected chi connectivity index (χ4v) is 3.63. The third-order valence-electron chi connectivity index (χ3n) is 5.24. The number of amidine groups is 1. The van der Waals surface area contributed by atoms with Gasteiger partial charge in [-0.15, -0.1) is 0 Å². The summed E-state index contributed by atoms with van der Waals surface area (Å²) < 4.78 is 95.8. The zero-order valence-electron chi connectivity index (χ0n) is 17.1. The average molecular weight is 490 g/mol. The van der Waals surface area contributed by atoms with Crippen LogP contribution < -0.4 is 15.8 Å². The summed E-state index contributed by atoms with van der Waals surface area (Å²) in [5.74, 6) is -3.75. The number of carbonyl (C=O) groups is 1. The molecular formula is C20H16F6N4O4. The van der Waals surface area contributed by atoms with Crippen LogP contribution in [0.5, 0.6) is 5.75 Å². The number of rotatable bonds is 5. The highest BCUT2D eigenvalue weighted by Crippen LogP contribution is 2.48. The molecule has 2 aliphatic heterocycles. The third kappa shape index (κ3) is 4.32. The molecule has 3 heterocycles. The number of ether oxygens (including phenoxy) is 3. The molecule has 0 radical (unpaired) electrons. The van der Waals surface area contributed by atoms with Crippen LogP contribution in [0.25, 0.3) is 0 Å². The smallest absolute Gasteiger partial charge is 0.422 e. The molecule has 0 spiro atoms. The van der Waals surface area contributed by atoms with E-state index in [1.807, 2.05) is 0 Å². The lowest BCUT2D eigenvalue weighted by Crippen LogP contribution is -2.55. The number of carbonyl (C=O) groups excluding carboxylic acids is 1. The second kappa shape index (κ2) is 8.34. The van der Waals surface area contributed by atoms with Gasteiger partial charge in [-0.2, -0.15) is 13.2 Å². The van der Waals surface area contributed by atoms with Gasteiger partial charge in [0.15, 0.2) is 29.3 Å². The molecule has 2 unspecified atom stereocenters. The number of nitrogens with two attached hydrogens (primary N) is 1. The lowest BCUT2D eigenvalue weighted by atomic mass is 9.78. The molecule has 3 N–H and O–H groups in total. The number of anilines is 1. The van der Waals surface area contributed by atoms with Crippen molar-refractivity contribution in [3.63, 3.8) is 0 Å². The predicted molar refractivity (Wildman–Crippen MR) is 104 cm³/mol. The zero-order chi connectivity index (χ0) is 24.7. The Balaban J connectivity index is 1.59. The number of nitrogens with one attached hydrogen (secondary N) is 1. The van der Waals surface area contributed by atoms with Gasteiger partial charge >= 0.3 is 6.18 Å². The van der Waals surface area contributed by atoms with Crippen molar-refractivity contribution in [3.8, 4) is 5.75 Å². The Morgan fingerprint density at radius 2 is 1.94 bits per heavy atom. The van der Waals surface area contributed by atoms with Crippen molar-refractivity contribution in [1.29, 1.82) is 0 Å². The van der Waals surface area contributed by atoms with E-state index in [9.17, 15) is 26.7 Å². The Morgan fingerprint density at radius 3 is 2.65 bits per heavy atom. The van der Waals surface area contributed by atoms with E-state index in [2.05, 4.69) is 20.0 Å². The van der Waals surface area contributed by atoms with Gasteiger partial charge in [-0.05, 0) is 18.2 Å². The molecule has 0 saturated carbocycles. The summed E-state index contributed by atoms with van der Waals surface area (Å²) in [5.41, 5.74) is 0.365. The molecule has 1 aromatic carbocycles. The highest BCUT2D eigenvalue weighted by Gasteiger charge is 2.62. The molecular weight excluding hydrogens is 474 g/mol. The minimum absolute atomic E-state index is 0.0658. The van der Waals surface area contributed by atoms with Gasteiger partial charge in [-0.3, -0.25) is 4.79 Å². The quantitative estimate of drug-likeness (QED) is 0.625. The molecule has 2 aromatic rings. The number of hydrogen-bond acceptors (Lipinski definition) is 7. The zero-order valence-corrected chi connectivity index (χ0v) is 17.1.